The van der Waals surface area contributed by atoms with E-state index in [1.165, 1.54) is 6.92 Å². The first-order valence-corrected chi connectivity index (χ1v) is 5.12. The van der Waals surface area contributed by atoms with Crippen LogP contribution in [0.2, 0.25) is 0 Å². The van der Waals surface area contributed by atoms with Crippen molar-refractivity contribution in [1.29, 1.82) is 0 Å². The van der Waals surface area contributed by atoms with Gasteiger partial charge in [-0.15, -0.1) is 0 Å². The van der Waals surface area contributed by atoms with Crippen molar-refractivity contribution in [1.82, 2.24) is 4.98 Å². The van der Waals surface area contributed by atoms with E-state index in [2.05, 4.69) is 29.5 Å². The first-order chi connectivity index (χ1) is 7.11. The van der Waals surface area contributed by atoms with Gasteiger partial charge in [0.25, 0.3) is 0 Å². The fourth-order valence-electron chi connectivity index (χ4n) is 1.11. The first-order valence-electron chi connectivity index (χ1n) is 5.12. The zero-order valence-electron chi connectivity index (χ0n) is 9.37. The molecule has 1 aromatic rings. The fourth-order valence-corrected chi connectivity index (χ4v) is 1.11. The van der Waals surface area contributed by atoms with Crippen LogP contribution in [0.25, 0.3) is 0 Å². The first kappa shape index (κ1) is 11.5. The van der Waals surface area contributed by atoms with E-state index in [0.29, 0.717) is 6.04 Å². The summed E-state index contributed by atoms with van der Waals surface area (Å²) in [5.41, 5.74) is 0.720. The van der Waals surface area contributed by atoms with Gasteiger partial charge in [0.05, 0.1) is 11.9 Å². The molecule has 0 bridgehead atoms. The molecule has 0 saturated heterocycles. The predicted molar refractivity (Wildman–Crippen MR) is 61.9 cm³/mol. The molecule has 1 heterocycles. The third-order valence-electron chi connectivity index (χ3n) is 2.09. The van der Waals surface area contributed by atoms with Crippen LogP contribution in [0.1, 0.15) is 27.2 Å². The maximum atomic E-state index is 10.8. The second kappa shape index (κ2) is 5.34. The van der Waals surface area contributed by atoms with Crippen LogP contribution < -0.4 is 10.6 Å². The molecule has 0 radical (unpaired) electrons. The number of hydrogen-bond acceptors (Lipinski definition) is 3. The van der Waals surface area contributed by atoms with Gasteiger partial charge in [-0.2, -0.15) is 0 Å². The Kier molecular flexibility index (Phi) is 4.09. The summed E-state index contributed by atoms with van der Waals surface area (Å²) in [6, 6.07) is 4.10. The Morgan fingerprint density at radius 1 is 1.53 bits per heavy atom. The molecule has 1 unspecified atom stereocenters. The summed E-state index contributed by atoms with van der Waals surface area (Å²) in [7, 11) is 0. The Bertz CT molecular complexity index is 321. The SMILES string of the molecule is CCC(C)Nc1ccc(NC(C)=O)cn1. The van der Waals surface area contributed by atoms with Gasteiger partial charge in [-0.25, -0.2) is 4.98 Å². The summed E-state index contributed by atoms with van der Waals surface area (Å²) in [5, 5.41) is 5.92. The Balaban J connectivity index is 2.60. The van der Waals surface area contributed by atoms with Crippen LogP contribution in [0.3, 0.4) is 0 Å². The molecule has 1 aromatic heterocycles. The lowest BCUT2D eigenvalue weighted by Gasteiger charge is -2.12. The van der Waals surface area contributed by atoms with Crippen molar-refractivity contribution in [3.63, 3.8) is 0 Å². The minimum Gasteiger partial charge on any atom is -0.368 e. The van der Waals surface area contributed by atoms with Gasteiger partial charge >= 0.3 is 0 Å². The molecular formula is C11H17N3O. The molecule has 0 fully saturated rings. The maximum Gasteiger partial charge on any atom is 0.221 e. The van der Waals surface area contributed by atoms with E-state index in [4.69, 9.17) is 0 Å². The molecule has 0 saturated carbocycles. The number of anilines is 2. The predicted octanol–water partition coefficient (Wildman–Crippen LogP) is 2.25. The number of nitrogens with zero attached hydrogens (tertiary/aromatic N) is 1. The number of pyridine rings is 1. The average molecular weight is 207 g/mol. The smallest absolute Gasteiger partial charge is 0.221 e. The molecule has 0 aliphatic rings. The van der Waals surface area contributed by atoms with Crippen LogP contribution in [-0.2, 0) is 4.79 Å². The second-order valence-electron chi connectivity index (χ2n) is 3.57. The quantitative estimate of drug-likeness (QED) is 0.796. The van der Waals surface area contributed by atoms with E-state index in [9.17, 15) is 4.79 Å². The van der Waals surface area contributed by atoms with E-state index in [1.54, 1.807) is 6.20 Å². The van der Waals surface area contributed by atoms with Crippen molar-refractivity contribution < 1.29 is 4.79 Å². The normalized spacial score (nSPS) is 11.9. The summed E-state index contributed by atoms with van der Waals surface area (Å²) in [5.74, 6) is 0.748. The molecule has 1 rings (SSSR count). The number of aromatic nitrogens is 1. The minimum atomic E-state index is -0.0839. The van der Waals surface area contributed by atoms with Crippen molar-refractivity contribution in [3.8, 4) is 0 Å². The molecule has 1 amide bonds. The molecule has 0 aliphatic heterocycles. The summed E-state index contributed by atoms with van der Waals surface area (Å²) in [6.45, 7) is 5.69. The van der Waals surface area contributed by atoms with Gasteiger partial charge in [0.15, 0.2) is 0 Å². The molecule has 0 spiro atoms. The number of rotatable bonds is 4. The highest BCUT2D eigenvalue weighted by Gasteiger charge is 2.00. The molecule has 2 N–H and O–H groups in total. The summed E-state index contributed by atoms with van der Waals surface area (Å²) in [6.07, 6.45) is 2.70. The molecule has 15 heavy (non-hydrogen) atoms. The van der Waals surface area contributed by atoms with Gasteiger partial charge in [0.1, 0.15) is 5.82 Å². The van der Waals surface area contributed by atoms with Crippen molar-refractivity contribution in [3.05, 3.63) is 18.3 Å². The molecule has 82 valence electrons. The summed E-state index contributed by atoms with van der Waals surface area (Å²) >= 11 is 0. The van der Waals surface area contributed by atoms with Crippen molar-refractivity contribution in [2.75, 3.05) is 10.6 Å². The lowest BCUT2D eigenvalue weighted by Crippen LogP contribution is -2.14. The van der Waals surface area contributed by atoms with Gasteiger partial charge in [-0.05, 0) is 25.5 Å². The van der Waals surface area contributed by atoms with Crippen LogP contribution in [0, 0.1) is 0 Å². The standard InChI is InChI=1S/C11H17N3O/c1-4-8(2)13-11-6-5-10(7-12-11)14-9(3)15/h5-8H,4H2,1-3H3,(H,12,13)(H,14,15). The van der Waals surface area contributed by atoms with Gasteiger partial charge in [-0.3, -0.25) is 4.79 Å². The highest BCUT2D eigenvalue weighted by molar-refractivity contribution is 5.88. The van der Waals surface area contributed by atoms with E-state index >= 15 is 0 Å². The van der Waals surface area contributed by atoms with Crippen molar-refractivity contribution >= 4 is 17.4 Å². The fraction of sp³-hybridized carbons (Fsp3) is 0.455. The van der Waals surface area contributed by atoms with Gasteiger partial charge in [-0.1, -0.05) is 6.92 Å². The van der Waals surface area contributed by atoms with Crippen LogP contribution in [-0.4, -0.2) is 16.9 Å². The van der Waals surface area contributed by atoms with Crippen LogP contribution >= 0.6 is 0 Å². The number of carbonyl (C=O) groups excluding carboxylic acids is 1. The van der Waals surface area contributed by atoms with E-state index in [-0.39, 0.29) is 5.91 Å². The average Bonchev–Trinajstić information content (AvgIpc) is 2.20. The summed E-state index contributed by atoms with van der Waals surface area (Å²) < 4.78 is 0. The lowest BCUT2D eigenvalue weighted by molar-refractivity contribution is -0.114. The third kappa shape index (κ3) is 3.97. The molecule has 1 atom stereocenters. The number of nitrogens with one attached hydrogen (secondary N) is 2. The zero-order chi connectivity index (χ0) is 11.3. The molecule has 0 aromatic carbocycles. The van der Waals surface area contributed by atoms with Crippen LogP contribution in [0.4, 0.5) is 11.5 Å². The van der Waals surface area contributed by atoms with Gasteiger partial charge < -0.3 is 10.6 Å². The van der Waals surface area contributed by atoms with E-state index in [0.717, 1.165) is 17.9 Å². The van der Waals surface area contributed by atoms with E-state index in [1.807, 2.05) is 12.1 Å². The topological polar surface area (TPSA) is 54.0 Å². The van der Waals surface area contributed by atoms with Crippen LogP contribution in [0.15, 0.2) is 18.3 Å². The Labute approximate surface area is 90.1 Å². The highest BCUT2D eigenvalue weighted by Crippen LogP contribution is 2.10. The Hall–Kier alpha value is -1.58. The Morgan fingerprint density at radius 3 is 2.73 bits per heavy atom. The monoisotopic (exact) mass is 207 g/mol. The Morgan fingerprint density at radius 2 is 2.27 bits per heavy atom. The lowest BCUT2D eigenvalue weighted by atomic mass is 10.2. The van der Waals surface area contributed by atoms with E-state index < -0.39 is 0 Å². The largest absolute Gasteiger partial charge is 0.368 e. The van der Waals surface area contributed by atoms with Crippen molar-refractivity contribution in [2.24, 2.45) is 0 Å². The molecular weight excluding hydrogens is 190 g/mol. The summed E-state index contributed by atoms with van der Waals surface area (Å²) in [4.78, 5) is 15.0. The van der Waals surface area contributed by atoms with Gasteiger partial charge in [0.2, 0.25) is 5.91 Å². The number of hydrogen-bond donors (Lipinski definition) is 2. The third-order valence-corrected chi connectivity index (χ3v) is 2.09. The molecule has 4 nitrogen and oxygen atoms in total. The molecule has 0 aliphatic carbocycles. The molecule has 4 heteroatoms. The maximum absolute atomic E-state index is 10.8. The zero-order valence-corrected chi connectivity index (χ0v) is 9.37. The highest BCUT2D eigenvalue weighted by atomic mass is 16.1. The second-order valence-corrected chi connectivity index (χ2v) is 3.57. The number of amides is 1. The minimum absolute atomic E-state index is 0.0839. The van der Waals surface area contributed by atoms with Crippen molar-refractivity contribution in [2.45, 2.75) is 33.2 Å². The van der Waals surface area contributed by atoms with Gasteiger partial charge in [0, 0.05) is 13.0 Å². The number of carbonyl (C=O) groups is 1. The van der Waals surface area contributed by atoms with Crippen LogP contribution in [0.5, 0.6) is 0 Å².